The number of ether oxygens (including phenoxy) is 3. The summed E-state index contributed by atoms with van der Waals surface area (Å²) in [6.07, 6.45) is 2.94. The molecule has 5 aliphatic rings. The Labute approximate surface area is 251 Å². The third kappa shape index (κ3) is 5.32. The summed E-state index contributed by atoms with van der Waals surface area (Å²) in [5.41, 5.74) is -1.72. The van der Waals surface area contributed by atoms with Crippen LogP contribution in [0.25, 0.3) is 0 Å². The summed E-state index contributed by atoms with van der Waals surface area (Å²) in [6, 6.07) is 0. The standard InChI is InChI=1S/C33H56O9/c1-17(2)25(42-30-27(38)28(40-6)24(37)16-41-30)8-7-18(3)20-14-22(35)29-32(20,5)12-10-26-31(4)11-9-19(34)13-21(31)23(36)15-33(26,29)39/h7-8,17-30,34-39H,9-16H2,1-6H3. The lowest BCUT2D eigenvalue weighted by Crippen LogP contribution is -2.68. The molecule has 0 aromatic heterocycles. The molecule has 0 bridgehead atoms. The Morgan fingerprint density at radius 2 is 1.57 bits per heavy atom. The molecule has 242 valence electrons. The number of methoxy groups -OCH3 is 1. The average molecular weight is 597 g/mol. The molecule has 1 heterocycles. The van der Waals surface area contributed by atoms with Gasteiger partial charge in [-0.05, 0) is 78.9 Å². The maximum absolute atomic E-state index is 12.5. The van der Waals surface area contributed by atoms with Gasteiger partial charge in [0.05, 0.1) is 36.6 Å². The van der Waals surface area contributed by atoms with Gasteiger partial charge in [0, 0.05) is 19.4 Å². The van der Waals surface area contributed by atoms with E-state index in [1.165, 1.54) is 7.11 Å². The van der Waals surface area contributed by atoms with Crippen molar-refractivity contribution in [2.45, 2.75) is 134 Å². The molecule has 5 fully saturated rings. The summed E-state index contributed by atoms with van der Waals surface area (Å²) in [5, 5.41) is 66.6. The van der Waals surface area contributed by atoms with E-state index in [1.807, 2.05) is 19.9 Å². The monoisotopic (exact) mass is 596 g/mol. The average Bonchev–Trinajstić information content (AvgIpc) is 3.19. The fraction of sp³-hybridized carbons (Fsp3) is 0.939. The topological polar surface area (TPSA) is 149 Å². The maximum Gasteiger partial charge on any atom is 0.186 e. The van der Waals surface area contributed by atoms with Crippen molar-refractivity contribution >= 4 is 0 Å². The van der Waals surface area contributed by atoms with E-state index >= 15 is 0 Å². The van der Waals surface area contributed by atoms with Crippen LogP contribution in [0.2, 0.25) is 0 Å². The highest BCUT2D eigenvalue weighted by atomic mass is 16.7. The molecule has 4 saturated carbocycles. The van der Waals surface area contributed by atoms with Crippen LogP contribution in [0.3, 0.4) is 0 Å². The van der Waals surface area contributed by atoms with Crippen LogP contribution >= 0.6 is 0 Å². The third-order valence-corrected chi connectivity index (χ3v) is 12.6. The first-order chi connectivity index (χ1) is 19.7. The zero-order chi connectivity index (χ0) is 30.8. The summed E-state index contributed by atoms with van der Waals surface area (Å²) >= 11 is 0. The minimum atomic E-state index is -1.15. The minimum Gasteiger partial charge on any atom is -0.393 e. The van der Waals surface area contributed by atoms with Crippen LogP contribution < -0.4 is 0 Å². The summed E-state index contributed by atoms with van der Waals surface area (Å²) in [4.78, 5) is 0. The van der Waals surface area contributed by atoms with Crippen LogP contribution in [0, 0.1) is 46.3 Å². The lowest BCUT2D eigenvalue weighted by Gasteiger charge is -2.66. The van der Waals surface area contributed by atoms with E-state index < -0.39 is 48.5 Å². The molecule has 16 unspecified atom stereocenters. The van der Waals surface area contributed by atoms with Crippen LogP contribution in [0.1, 0.15) is 79.6 Å². The van der Waals surface area contributed by atoms with E-state index in [1.54, 1.807) is 0 Å². The van der Waals surface area contributed by atoms with Gasteiger partial charge in [-0.2, -0.15) is 0 Å². The predicted molar refractivity (Wildman–Crippen MR) is 156 cm³/mol. The van der Waals surface area contributed by atoms with Crippen LogP contribution in [-0.2, 0) is 14.2 Å². The van der Waals surface area contributed by atoms with Crippen molar-refractivity contribution in [1.29, 1.82) is 0 Å². The Kier molecular flexibility index (Phi) is 9.32. The molecule has 1 saturated heterocycles. The molecular formula is C33H56O9. The van der Waals surface area contributed by atoms with Gasteiger partial charge in [-0.3, -0.25) is 0 Å². The second-order valence-electron chi connectivity index (χ2n) is 15.3. The molecule has 0 aromatic rings. The maximum atomic E-state index is 12.5. The summed E-state index contributed by atoms with van der Waals surface area (Å²) in [7, 11) is 1.45. The third-order valence-electron chi connectivity index (χ3n) is 12.6. The van der Waals surface area contributed by atoms with E-state index in [0.717, 1.165) is 19.3 Å². The predicted octanol–water partition coefficient (Wildman–Crippen LogP) is 2.39. The van der Waals surface area contributed by atoms with E-state index in [4.69, 9.17) is 14.2 Å². The quantitative estimate of drug-likeness (QED) is 0.244. The number of aliphatic hydroxyl groups is 6. The molecule has 1 aliphatic heterocycles. The number of hydrogen-bond donors (Lipinski definition) is 6. The van der Waals surface area contributed by atoms with Crippen molar-refractivity contribution < 1.29 is 44.8 Å². The first kappa shape index (κ1) is 32.8. The molecule has 9 nitrogen and oxygen atoms in total. The van der Waals surface area contributed by atoms with Gasteiger partial charge < -0.3 is 44.8 Å². The molecule has 0 amide bonds. The number of aliphatic hydroxyl groups excluding tert-OH is 5. The Morgan fingerprint density at radius 3 is 2.24 bits per heavy atom. The van der Waals surface area contributed by atoms with Crippen molar-refractivity contribution in [3.63, 3.8) is 0 Å². The Hall–Kier alpha value is -0.620. The highest BCUT2D eigenvalue weighted by Crippen LogP contribution is 2.69. The van der Waals surface area contributed by atoms with Gasteiger partial charge in [0.2, 0.25) is 0 Å². The molecule has 42 heavy (non-hydrogen) atoms. The van der Waals surface area contributed by atoms with E-state index in [9.17, 15) is 30.6 Å². The van der Waals surface area contributed by atoms with Crippen molar-refractivity contribution in [2.75, 3.05) is 13.7 Å². The van der Waals surface area contributed by atoms with E-state index in [2.05, 4.69) is 26.8 Å². The van der Waals surface area contributed by atoms with Gasteiger partial charge >= 0.3 is 0 Å². The number of rotatable bonds is 7. The lowest BCUT2D eigenvalue weighted by molar-refractivity contribution is -0.284. The fourth-order valence-corrected chi connectivity index (χ4v) is 10.5. The number of hydrogen-bond acceptors (Lipinski definition) is 9. The SMILES string of the molecule is COC1C(O)COC(OC(C=CC(C)C2CC(O)C3C2(C)CCC2C4(C)CCC(O)CC4C(O)CC23O)C(C)C)C1O. The first-order valence-electron chi connectivity index (χ1n) is 16.3. The largest absolute Gasteiger partial charge is 0.393 e. The van der Waals surface area contributed by atoms with Gasteiger partial charge in [-0.15, -0.1) is 0 Å². The number of allylic oxidation sites excluding steroid dienone is 1. The molecule has 6 N–H and O–H groups in total. The molecule has 16 atom stereocenters. The normalized spacial score (nSPS) is 52.5. The zero-order valence-electron chi connectivity index (χ0n) is 26.3. The van der Waals surface area contributed by atoms with E-state index in [-0.39, 0.29) is 65.5 Å². The molecule has 0 radical (unpaired) electrons. The fourth-order valence-electron chi connectivity index (χ4n) is 10.5. The van der Waals surface area contributed by atoms with Crippen LogP contribution in [0.15, 0.2) is 12.2 Å². The van der Waals surface area contributed by atoms with Crippen LogP contribution in [0.5, 0.6) is 0 Å². The second kappa shape index (κ2) is 12.0. The molecule has 4 aliphatic carbocycles. The highest BCUT2D eigenvalue weighted by Gasteiger charge is 2.70. The molecule has 5 rings (SSSR count). The second-order valence-corrected chi connectivity index (χ2v) is 15.3. The first-order valence-corrected chi connectivity index (χ1v) is 16.3. The molecule has 0 spiro atoms. The summed E-state index contributed by atoms with van der Waals surface area (Å²) in [6.45, 7) is 10.7. The molecule has 0 aromatic carbocycles. The van der Waals surface area contributed by atoms with Crippen molar-refractivity contribution in [1.82, 2.24) is 0 Å². The Balaban J connectivity index is 1.33. The lowest BCUT2D eigenvalue weighted by atomic mass is 9.42. The van der Waals surface area contributed by atoms with Gasteiger partial charge in [0.15, 0.2) is 6.29 Å². The molecular weight excluding hydrogens is 540 g/mol. The van der Waals surface area contributed by atoms with Gasteiger partial charge in [-0.1, -0.05) is 46.8 Å². The minimum absolute atomic E-state index is 0.0155. The van der Waals surface area contributed by atoms with Gasteiger partial charge in [0.25, 0.3) is 0 Å². The van der Waals surface area contributed by atoms with Crippen molar-refractivity contribution in [2.24, 2.45) is 46.3 Å². The zero-order valence-corrected chi connectivity index (χ0v) is 26.3. The highest BCUT2D eigenvalue weighted by molar-refractivity contribution is 5.20. The summed E-state index contributed by atoms with van der Waals surface area (Å²) in [5.74, 6) is -0.0622. The van der Waals surface area contributed by atoms with Crippen LogP contribution in [-0.4, -0.2) is 99.0 Å². The number of fused-ring (bicyclic) bond motifs is 5. The van der Waals surface area contributed by atoms with Crippen molar-refractivity contribution in [3.8, 4) is 0 Å². The van der Waals surface area contributed by atoms with Gasteiger partial charge in [-0.25, -0.2) is 0 Å². The smallest absolute Gasteiger partial charge is 0.186 e. The van der Waals surface area contributed by atoms with Crippen molar-refractivity contribution in [3.05, 3.63) is 12.2 Å². The Morgan fingerprint density at radius 1 is 0.881 bits per heavy atom. The van der Waals surface area contributed by atoms with Crippen LogP contribution in [0.4, 0.5) is 0 Å². The van der Waals surface area contributed by atoms with E-state index in [0.29, 0.717) is 19.3 Å². The van der Waals surface area contributed by atoms with Gasteiger partial charge in [0.1, 0.15) is 18.3 Å². The Bertz CT molecular complexity index is 975. The summed E-state index contributed by atoms with van der Waals surface area (Å²) < 4.78 is 17.1. The molecule has 9 heteroatoms.